The van der Waals surface area contributed by atoms with Crippen LogP contribution in [0, 0.1) is 6.92 Å². The molecule has 4 rings (SSSR count). The van der Waals surface area contributed by atoms with Gasteiger partial charge in [0.1, 0.15) is 5.75 Å². The Bertz CT molecular complexity index is 994. The molecule has 0 radical (unpaired) electrons. The fraction of sp³-hybridized carbons (Fsp3) is 0.375. The van der Waals surface area contributed by atoms with Crippen LogP contribution in [0.25, 0.3) is 0 Å². The van der Waals surface area contributed by atoms with Gasteiger partial charge in [0.2, 0.25) is 11.8 Å². The zero-order valence-electron chi connectivity index (χ0n) is 17.8. The zero-order chi connectivity index (χ0) is 22.0. The fourth-order valence-corrected chi connectivity index (χ4v) is 4.27. The maximum absolute atomic E-state index is 13.0. The summed E-state index contributed by atoms with van der Waals surface area (Å²) in [6, 6.07) is 13.0. The highest BCUT2D eigenvalue weighted by Gasteiger charge is 2.34. The van der Waals surface area contributed by atoms with Crippen LogP contribution in [0.3, 0.4) is 0 Å². The third-order valence-corrected chi connectivity index (χ3v) is 6.05. The Labute approximate surface area is 181 Å². The summed E-state index contributed by atoms with van der Waals surface area (Å²) in [5.74, 6) is -0.338. The smallest absolute Gasteiger partial charge is 0.253 e. The minimum absolute atomic E-state index is 0.0198. The molecule has 0 saturated carbocycles. The molecule has 0 bridgehead atoms. The van der Waals surface area contributed by atoms with Crippen LogP contribution in [0.4, 0.5) is 5.69 Å². The van der Waals surface area contributed by atoms with Crippen molar-refractivity contribution >= 4 is 23.4 Å². The van der Waals surface area contributed by atoms with Gasteiger partial charge in [0.25, 0.3) is 5.91 Å². The number of hydrogen-bond acceptors (Lipinski definition) is 4. The van der Waals surface area contributed by atoms with Gasteiger partial charge < -0.3 is 20.3 Å². The number of hydrogen-bond donors (Lipinski definition) is 2. The molecular formula is C24H27N3O4. The van der Waals surface area contributed by atoms with Crippen molar-refractivity contribution in [1.82, 2.24) is 10.2 Å². The summed E-state index contributed by atoms with van der Waals surface area (Å²) in [5, 5.41) is 5.91. The number of carbonyl (C=O) groups excluding carboxylic acids is 3. The van der Waals surface area contributed by atoms with Gasteiger partial charge in [-0.05, 0) is 43.5 Å². The van der Waals surface area contributed by atoms with Gasteiger partial charge in [-0.2, -0.15) is 0 Å². The predicted octanol–water partition coefficient (Wildman–Crippen LogP) is 2.85. The highest BCUT2D eigenvalue weighted by Crippen LogP contribution is 2.38. The van der Waals surface area contributed by atoms with E-state index < -0.39 is 5.92 Å². The summed E-state index contributed by atoms with van der Waals surface area (Å²) in [6.45, 7) is 3.17. The van der Waals surface area contributed by atoms with Crippen LogP contribution in [-0.4, -0.2) is 48.9 Å². The van der Waals surface area contributed by atoms with Crippen molar-refractivity contribution < 1.29 is 19.1 Å². The number of methoxy groups -OCH3 is 1. The van der Waals surface area contributed by atoms with E-state index in [9.17, 15) is 14.4 Å². The van der Waals surface area contributed by atoms with Gasteiger partial charge in [-0.1, -0.05) is 29.8 Å². The molecule has 3 amide bonds. The molecule has 2 aromatic rings. The summed E-state index contributed by atoms with van der Waals surface area (Å²) in [6.07, 6.45) is 1.48. The molecule has 2 heterocycles. The minimum Gasteiger partial charge on any atom is -0.495 e. The Morgan fingerprint density at radius 3 is 2.48 bits per heavy atom. The molecule has 31 heavy (non-hydrogen) atoms. The lowest BCUT2D eigenvalue weighted by Gasteiger charge is -2.34. The molecule has 2 aromatic carbocycles. The Hall–Kier alpha value is -3.35. The molecule has 0 spiro atoms. The van der Waals surface area contributed by atoms with Crippen LogP contribution in [0.15, 0.2) is 42.5 Å². The molecule has 7 heteroatoms. The van der Waals surface area contributed by atoms with Gasteiger partial charge in [0.15, 0.2) is 0 Å². The Kier molecular flexibility index (Phi) is 5.93. The van der Waals surface area contributed by atoms with Crippen LogP contribution in [0.5, 0.6) is 5.75 Å². The van der Waals surface area contributed by atoms with Crippen molar-refractivity contribution in [3.8, 4) is 5.75 Å². The first kappa shape index (κ1) is 20.9. The molecule has 1 fully saturated rings. The van der Waals surface area contributed by atoms with Crippen molar-refractivity contribution in [2.24, 2.45) is 0 Å². The number of carbonyl (C=O) groups is 3. The third kappa shape index (κ3) is 4.40. The minimum atomic E-state index is -0.550. The van der Waals surface area contributed by atoms with Gasteiger partial charge in [-0.3, -0.25) is 14.4 Å². The number of para-hydroxylation sites is 1. The van der Waals surface area contributed by atoms with Crippen molar-refractivity contribution in [2.45, 2.75) is 38.1 Å². The van der Waals surface area contributed by atoms with Gasteiger partial charge in [-0.15, -0.1) is 0 Å². The maximum Gasteiger partial charge on any atom is 0.253 e. The normalized spacial score (nSPS) is 18.7. The number of ether oxygens (including phenoxy) is 1. The largest absolute Gasteiger partial charge is 0.495 e. The van der Waals surface area contributed by atoms with Crippen LogP contribution in [-0.2, 0) is 9.59 Å². The molecule has 2 N–H and O–H groups in total. The number of aryl methyl sites for hydroxylation is 1. The lowest BCUT2D eigenvalue weighted by atomic mass is 9.89. The number of benzene rings is 2. The number of nitrogens with zero attached hydrogens (tertiary/aromatic N) is 1. The molecule has 1 unspecified atom stereocenters. The topological polar surface area (TPSA) is 87.7 Å². The first-order valence-corrected chi connectivity index (χ1v) is 10.6. The van der Waals surface area contributed by atoms with Crippen molar-refractivity contribution in [1.29, 1.82) is 0 Å². The second kappa shape index (κ2) is 8.79. The monoisotopic (exact) mass is 421 g/mol. The average Bonchev–Trinajstić information content (AvgIpc) is 2.78. The fourth-order valence-electron chi connectivity index (χ4n) is 4.27. The number of fused-ring (bicyclic) bond motifs is 1. The molecule has 1 saturated heterocycles. The molecule has 7 nitrogen and oxygen atoms in total. The molecule has 0 aromatic heterocycles. The Morgan fingerprint density at radius 2 is 1.81 bits per heavy atom. The summed E-state index contributed by atoms with van der Waals surface area (Å²) in [4.78, 5) is 39.8. The standard InChI is InChI=1S/C24H27N3O4/c1-15-6-8-16(9-7-15)24(30)27-12-10-17(11-13-27)25-23(29)19-14-21(28)26-22-18(19)4-3-5-20(22)31-2/h3-9,17,19H,10-14H2,1-2H3,(H,25,29)(H,26,28). The third-order valence-electron chi connectivity index (χ3n) is 6.05. The van der Waals surface area contributed by atoms with Crippen LogP contribution in [0.2, 0.25) is 0 Å². The number of piperidine rings is 1. The summed E-state index contributed by atoms with van der Waals surface area (Å²) >= 11 is 0. The van der Waals surface area contributed by atoms with Crippen LogP contribution < -0.4 is 15.4 Å². The number of rotatable bonds is 4. The van der Waals surface area contributed by atoms with Crippen molar-refractivity contribution in [3.63, 3.8) is 0 Å². The molecule has 162 valence electrons. The first-order valence-electron chi connectivity index (χ1n) is 10.6. The van der Waals surface area contributed by atoms with E-state index in [0.29, 0.717) is 42.9 Å². The van der Waals surface area contributed by atoms with Crippen LogP contribution >= 0.6 is 0 Å². The average molecular weight is 421 g/mol. The van der Waals surface area contributed by atoms with E-state index in [2.05, 4.69) is 10.6 Å². The highest BCUT2D eigenvalue weighted by molar-refractivity contribution is 6.02. The van der Waals surface area contributed by atoms with Gasteiger partial charge in [-0.25, -0.2) is 0 Å². The lowest BCUT2D eigenvalue weighted by molar-refractivity contribution is -0.127. The van der Waals surface area contributed by atoms with Crippen LogP contribution in [0.1, 0.15) is 46.7 Å². The van der Waals surface area contributed by atoms with E-state index in [1.807, 2.05) is 48.2 Å². The summed E-state index contributed by atoms with van der Waals surface area (Å²) in [5.41, 5.74) is 3.14. The lowest BCUT2D eigenvalue weighted by Crippen LogP contribution is -2.48. The van der Waals surface area contributed by atoms with Gasteiger partial charge in [0, 0.05) is 31.1 Å². The molecule has 2 aliphatic rings. The van der Waals surface area contributed by atoms with E-state index in [-0.39, 0.29) is 30.2 Å². The Morgan fingerprint density at radius 1 is 1.10 bits per heavy atom. The first-order chi connectivity index (χ1) is 15.0. The Balaban J connectivity index is 1.38. The van der Waals surface area contributed by atoms with E-state index in [0.717, 1.165) is 11.1 Å². The van der Waals surface area contributed by atoms with Gasteiger partial charge in [0.05, 0.1) is 18.7 Å². The maximum atomic E-state index is 13.0. The summed E-state index contributed by atoms with van der Waals surface area (Å²) in [7, 11) is 1.54. The van der Waals surface area contributed by atoms with E-state index in [1.165, 1.54) is 7.11 Å². The second-order valence-electron chi connectivity index (χ2n) is 8.17. The van der Waals surface area contributed by atoms with Gasteiger partial charge >= 0.3 is 0 Å². The second-order valence-corrected chi connectivity index (χ2v) is 8.17. The zero-order valence-corrected chi connectivity index (χ0v) is 17.8. The van der Waals surface area contributed by atoms with Crippen molar-refractivity contribution in [2.75, 3.05) is 25.5 Å². The highest BCUT2D eigenvalue weighted by atomic mass is 16.5. The van der Waals surface area contributed by atoms with E-state index in [4.69, 9.17) is 4.74 Å². The summed E-state index contributed by atoms with van der Waals surface area (Å²) < 4.78 is 5.33. The number of amides is 3. The SMILES string of the molecule is COc1cccc2c1NC(=O)CC2C(=O)NC1CCN(C(=O)c2ccc(C)cc2)CC1. The van der Waals surface area contributed by atoms with E-state index in [1.54, 1.807) is 6.07 Å². The van der Waals surface area contributed by atoms with Crippen molar-refractivity contribution in [3.05, 3.63) is 59.2 Å². The molecular weight excluding hydrogens is 394 g/mol. The quantitative estimate of drug-likeness (QED) is 0.795. The van der Waals surface area contributed by atoms with E-state index >= 15 is 0 Å². The predicted molar refractivity (Wildman–Crippen MR) is 117 cm³/mol. The number of likely N-dealkylation sites (tertiary alicyclic amines) is 1. The number of anilines is 1. The molecule has 1 atom stereocenters. The molecule has 0 aliphatic carbocycles. The molecule has 2 aliphatic heterocycles. The number of nitrogens with one attached hydrogen (secondary N) is 2.